The Kier molecular flexibility index (Phi) is 3.96. The van der Waals surface area contributed by atoms with Gasteiger partial charge in [-0.3, -0.25) is 4.68 Å². The van der Waals surface area contributed by atoms with Gasteiger partial charge in [0.2, 0.25) is 0 Å². The van der Waals surface area contributed by atoms with Crippen molar-refractivity contribution in [1.29, 1.82) is 0 Å². The second-order valence-electron chi connectivity index (χ2n) is 6.39. The summed E-state index contributed by atoms with van der Waals surface area (Å²) in [5.41, 5.74) is 8.37. The zero-order chi connectivity index (χ0) is 15.1. The van der Waals surface area contributed by atoms with Crippen LogP contribution in [0.5, 0.6) is 0 Å². The highest BCUT2D eigenvalue weighted by molar-refractivity contribution is 9.10. The average molecular weight is 347 g/mol. The van der Waals surface area contributed by atoms with E-state index in [9.17, 15) is 0 Å². The molecule has 1 atom stereocenters. The Morgan fingerprint density at radius 2 is 1.81 bits per heavy atom. The number of fused-ring (bicyclic) bond motifs is 1. The first-order valence-corrected chi connectivity index (χ1v) is 8.57. The minimum absolute atomic E-state index is 0.445. The smallest absolute Gasteiger partial charge is 0.107 e. The van der Waals surface area contributed by atoms with E-state index in [-0.39, 0.29) is 0 Å². The summed E-state index contributed by atoms with van der Waals surface area (Å²) in [4.78, 5) is 0. The Morgan fingerprint density at radius 3 is 2.48 bits per heavy atom. The maximum absolute atomic E-state index is 4.84. The van der Waals surface area contributed by atoms with Gasteiger partial charge in [0, 0.05) is 18.5 Å². The molecule has 3 rings (SSSR count). The summed E-state index contributed by atoms with van der Waals surface area (Å²) < 4.78 is 3.15. The lowest BCUT2D eigenvalue weighted by atomic mass is 9.84. The Bertz CT molecular complexity index is 662. The predicted octanol–water partition coefficient (Wildman–Crippen LogP) is 4.97. The lowest BCUT2D eigenvalue weighted by Crippen LogP contribution is -2.08. The van der Waals surface area contributed by atoms with Crippen molar-refractivity contribution in [2.75, 3.05) is 0 Å². The van der Waals surface area contributed by atoms with Gasteiger partial charge in [-0.25, -0.2) is 0 Å². The lowest BCUT2D eigenvalue weighted by molar-refractivity contribution is 0.620. The van der Waals surface area contributed by atoms with Gasteiger partial charge in [-0.2, -0.15) is 5.10 Å². The van der Waals surface area contributed by atoms with E-state index in [4.69, 9.17) is 5.10 Å². The van der Waals surface area contributed by atoms with E-state index < -0.39 is 0 Å². The molecule has 21 heavy (non-hydrogen) atoms. The van der Waals surface area contributed by atoms with Crippen LogP contribution < -0.4 is 0 Å². The molecule has 2 aromatic rings. The number of halogens is 1. The molecule has 112 valence electrons. The second-order valence-corrected chi connectivity index (χ2v) is 7.14. The summed E-state index contributed by atoms with van der Waals surface area (Å²) in [6.45, 7) is 6.68. The van der Waals surface area contributed by atoms with Crippen molar-refractivity contribution in [3.63, 3.8) is 0 Å². The largest absolute Gasteiger partial charge is 0.261 e. The minimum atomic E-state index is 0.445. The monoisotopic (exact) mass is 346 g/mol. The van der Waals surface area contributed by atoms with Crippen molar-refractivity contribution in [1.82, 2.24) is 9.78 Å². The van der Waals surface area contributed by atoms with E-state index in [1.165, 1.54) is 52.8 Å². The molecule has 1 aliphatic rings. The minimum Gasteiger partial charge on any atom is -0.261 e. The molecule has 0 aliphatic heterocycles. The van der Waals surface area contributed by atoms with Crippen LogP contribution in [0.4, 0.5) is 0 Å². The first-order chi connectivity index (χ1) is 9.99. The first kappa shape index (κ1) is 14.8. The normalized spacial score (nSPS) is 18.4. The zero-order valence-electron chi connectivity index (χ0n) is 13.3. The third-order valence-electron chi connectivity index (χ3n) is 4.69. The molecule has 0 amide bonds. The van der Waals surface area contributed by atoms with Crippen LogP contribution >= 0.6 is 15.9 Å². The number of aromatic nitrogens is 2. The summed E-state index contributed by atoms with van der Waals surface area (Å²) in [7, 11) is 2.03. The van der Waals surface area contributed by atoms with Crippen molar-refractivity contribution in [3.05, 3.63) is 50.2 Å². The van der Waals surface area contributed by atoms with E-state index in [0.29, 0.717) is 5.92 Å². The molecule has 2 nitrogen and oxygen atoms in total. The topological polar surface area (TPSA) is 17.8 Å². The van der Waals surface area contributed by atoms with Gasteiger partial charge in [0.25, 0.3) is 0 Å². The van der Waals surface area contributed by atoms with Gasteiger partial charge in [0.15, 0.2) is 0 Å². The predicted molar refractivity (Wildman–Crippen MR) is 91.0 cm³/mol. The molecule has 0 saturated carbocycles. The van der Waals surface area contributed by atoms with Crippen molar-refractivity contribution < 1.29 is 0 Å². The Balaban J connectivity index is 2.18. The van der Waals surface area contributed by atoms with Gasteiger partial charge in [-0.05, 0) is 72.7 Å². The van der Waals surface area contributed by atoms with Crippen LogP contribution in [-0.4, -0.2) is 9.78 Å². The maximum Gasteiger partial charge on any atom is 0.107 e. The van der Waals surface area contributed by atoms with Crippen molar-refractivity contribution in [2.45, 2.75) is 52.4 Å². The summed E-state index contributed by atoms with van der Waals surface area (Å²) in [5, 5.41) is 4.84. The molecular formula is C18H23BrN2. The van der Waals surface area contributed by atoms with E-state index in [0.717, 1.165) is 11.0 Å². The molecule has 0 fully saturated rings. The van der Waals surface area contributed by atoms with Crippen LogP contribution in [0.2, 0.25) is 0 Å². The zero-order valence-corrected chi connectivity index (χ0v) is 14.9. The standard InChI is InChI=1S/C18H23BrN2/c1-11-9-12(2)16(13(3)10-11)14-7-5-6-8-15-17(14)20-21(4)18(15)19/h9-10,14H,5-8H2,1-4H3. The second kappa shape index (κ2) is 5.60. The van der Waals surface area contributed by atoms with Gasteiger partial charge in [0.05, 0.1) is 5.69 Å². The highest BCUT2D eigenvalue weighted by Crippen LogP contribution is 2.40. The van der Waals surface area contributed by atoms with Gasteiger partial charge in [-0.15, -0.1) is 0 Å². The van der Waals surface area contributed by atoms with Crippen LogP contribution in [0.25, 0.3) is 0 Å². The average Bonchev–Trinajstić information content (AvgIpc) is 2.58. The van der Waals surface area contributed by atoms with E-state index in [1.54, 1.807) is 0 Å². The summed E-state index contributed by atoms with van der Waals surface area (Å²) >= 11 is 3.72. The molecule has 0 N–H and O–H groups in total. The third-order valence-corrected chi connectivity index (χ3v) is 5.68. The Hall–Kier alpha value is -1.09. The van der Waals surface area contributed by atoms with Crippen molar-refractivity contribution >= 4 is 15.9 Å². The molecule has 1 unspecified atom stereocenters. The third kappa shape index (κ3) is 2.57. The van der Waals surface area contributed by atoms with Gasteiger partial charge < -0.3 is 0 Å². The highest BCUT2D eigenvalue weighted by Gasteiger charge is 2.28. The number of aryl methyl sites for hydroxylation is 4. The van der Waals surface area contributed by atoms with Crippen molar-refractivity contribution in [3.8, 4) is 0 Å². The number of hydrogen-bond acceptors (Lipinski definition) is 1. The Labute approximate surface area is 135 Å². The van der Waals surface area contributed by atoms with E-state index in [2.05, 4.69) is 48.8 Å². The fourth-order valence-corrected chi connectivity index (χ4v) is 4.37. The Morgan fingerprint density at radius 1 is 1.14 bits per heavy atom. The molecule has 1 aliphatic carbocycles. The van der Waals surface area contributed by atoms with Crippen LogP contribution in [0.15, 0.2) is 16.7 Å². The molecule has 0 bridgehead atoms. The summed E-state index contributed by atoms with van der Waals surface area (Å²) in [6, 6.07) is 4.62. The maximum atomic E-state index is 4.84. The fraction of sp³-hybridized carbons (Fsp3) is 0.500. The van der Waals surface area contributed by atoms with Crippen molar-refractivity contribution in [2.24, 2.45) is 7.05 Å². The molecule has 0 saturated heterocycles. The van der Waals surface area contributed by atoms with Gasteiger partial charge in [-0.1, -0.05) is 24.1 Å². The number of nitrogens with zero attached hydrogens (tertiary/aromatic N) is 2. The number of benzene rings is 1. The molecule has 1 aromatic heterocycles. The van der Waals surface area contributed by atoms with Gasteiger partial charge in [0.1, 0.15) is 4.60 Å². The van der Waals surface area contributed by atoms with Gasteiger partial charge >= 0.3 is 0 Å². The quantitative estimate of drug-likeness (QED) is 0.666. The van der Waals surface area contributed by atoms with Crippen LogP contribution in [0.1, 0.15) is 58.7 Å². The van der Waals surface area contributed by atoms with E-state index >= 15 is 0 Å². The molecule has 1 heterocycles. The number of hydrogen-bond donors (Lipinski definition) is 0. The molecule has 3 heteroatoms. The number of rotatable bonds is 1. The van der Waals surface area contributed by atoms with Crippen LogP contribution in [0, 0.1) is 20.8 Å². The SMILES string of the molecule is Cc1cc(C)c(C2CCCCc3c2nn(C)c3Br)c(C)c1. The molecule has 0 spiro atoms. The summed E-state index contributed by atoms with van der Waals surface area (Å²) in [5.74, 6) is 0.445. The van der Waals surface area contributed by atoms with Crippen LogP contribution in [0.3, 0.4) is 0 Å². The molecular weight excluding hydrogens is 324 g/mol. The lowest BCUT2D eigenvalue weighted by Gasteiger charge is -2.20. The molecule has 0 radical (unpaired) electrons. The first-order valence-electron chi connectivity index (χ1n) is 7.78. The summed E-state index contributed by atoms with van der Waals surface area (Å²) in [6.07, 6.45) is 4.90. The van der Waals surface area contributed by atoms with E-state index in [1.807, 2.05) is 11.7 Å². The fourth-order valence-electron chi connectivity index (χ4n) is 3.89. The van der Waals surface area contributed by atoms with Crippen LogP contribution in [-0.2, 0) is 13.5 Å². The highest BCUT2D eigenvalue weighted by atomic mass is 79.9. The molecule has 1 aromatic carbocycles.